The van der Waals surface area contributed by atoms with Gasteiger partial charge < -0.3 is 14.4 Å². The highest BCUT2D eigenvalue weighted by molar-refractivity contribution is 5.95. The molecule has 1 aromatic heterocycles. The van der Waals surface area contributed by atoms with Crippen molar-refractivity contribution in [2.45, 2.75) is 76.7 Å². The number of likely N-dealkylation sites (tertiary alicyclic amines) is 1. The largest absolute Gasteiger partial charge is 0.347 e. The molecule has 1 aliphatic carbocycles. The Kier molecular flexibility index (Phi) is 4.36. The Balaban J connectivity index is 1.49. The molecule has 2 saturated heterocycles. The lowest BCUT2D eigenvalue weighted by Gasteiger charge is -2.37. The highest BCUT2D eigenvalue weighted by Crippen LogP contribution is 2.43. The number of hydrogen-bond acceptors (Lipinski definition) is 4. The molecule has 1 aromatic rings. The third-order valence-electron chi connectivity index (χ3n) is 5.85. The minimum Gasteiger partial charge on any atom is -0.347 e. The van der Waals surface area contributed by atoms with Crippen molar-refractivity contribution in [3.05, 3.63) is 17.5 Å². The lowest BCUT2D eigenvalue weighted by Crippen LogP contribution is -2.47. The maximum Gasteiger partial charge on any atom is 0.257 e. The quantitative estimate of drug-likeness (QED) is 0.840. The Morgan fingerprint density at radius 3 is 2.68 bits per heavy atom. The summed E-state index contributed by atoms with van der Waals surface area (Å²) in [5.41, 5.74) is 1.96. The number of piperidine rings is 1. The van der Waals surface area contributed by atoms with Crippen LogP contribution >= 0.6 is 0 Å². The fourth-order valence-electron chi connectivity index (χ4n) is 4.01. The van der Waals surface area contributed by atoms with Crippen molar-refractivity contribution in [3.63, 3.8) is 0 Å². The number of amides is 1. The van der Waals surface area contributed by atoms with Crippen molar-refractivity contribution in [1.82, 2.24) is 14.7 Å². The van der Waals surface area contributed by atoms with Crippen LogP contribution in [0.3, 0.4) is 0 Å². The van der Waals surface area contributed by atoms with E-state index in [1.165, 1.54) is 12.8 Å². The van der Waals surface area contributed by atoms with Gasteiger partial charge >= 0.3 is 0 Å². The molecule has 2 atom stereocenters. The van der Waals surface area contributed by atoms with Gasteiger partial charge in [-0.1, -0.05) is 6.92 Å². The van der Waals surface area contributed by atoms with Crippen LogP contribution in [0, 0.1) is 0 Å². The number of carbonyl (C=O) groups excluding carboxylic acids is 1. The summed E-state index contributed by atoms with van der Waals surface area (Å²) < 4.78 is 13.9. The van der Waals surface area contributed by atoms with Gasteiger partial charge in [-0.15, -0.1) is 0 Å². The molecule has 4 rings (SSSR count). The van der Waals surface area contributed by atoms with E-state index in [9.17, 15) is 4.79 Å². The van der Waals surface area contributed by atoms with E-state index < -0.39 is 5.79 Å². The highest BCUT2D eigenvalue weighted by Gasteiger charge is 2.44. The zero-order valence-electron chi connectivity index (χ0n) is 15.5. The predicted octanol–water partition coefficient (Wildman–Crippen LogP) is 3.10. The highest BCUT2D eigenvalue weighted by atomic mass is 16.7. The summed E-state index contributed by atoms with van der Waals surface area (Å²) in [6.07, 6.45) is 6.81. The molecule has 1 spiro atoms. The van der Waals surface area contributed by atoms with E-state index in [1.54, 1.807) is 6.20 Å². The van der Waals surface area contributed by atoms with Crippen LogP contribution in [-0.4, -0.2) is 52.2 Å². The summed E-state index contributed by atoms with van der Waals surface area (Å²) in [4.78, 5) is 15.1. The van der Waals surface area contributed by atoms with Crippen molar-refractivity contribution in [3.8, 4) is 0 Å². The SMILES string of the molecule is CC[C@@H](C)n1ncc(C(=O)N2CCC3(CC2)OC[C@@H](C)O3)c1C1CC1. The van der Waals surface area contributed by atoms with Crippen LogP contribution in [0.15, 0.2) is 6.20 Å². The molecule has 0 aromatic carbocycles. The second kappa shape index (κ2) is 6.40. The maximum atomic E-state index is 13.1. The summed E-state index contributed by atoms with van der Waals surface area (Å²) in [5, 5.41) is 4.56. The lowest BCUT2D eigenvalue weighted by atomic mass is 10.0. The smallest absolute Gasteiger partial charge is 0.257 e. The van der Waals surface area contributed by atoms with Gasteiger partial charge in [-0.3, -0.25) is 9.48 Å². The fraction of sp³-hybridized carbons (Fsp3) is 0.789. The molecule has 3 aliphatic rings. The van der Waals surface area contributed by atoms with E-state index in [-0.39, 0.29) is 12.0 Å². The zero-order valence-corrected chi connectivity index (χ0v) is 15.5. The average molecular weight is 347 g/mol. The van der Waals surface area contributed by atoms with Gasteiger partial charge in [0, 0.05) is 37.9 Å². The number of carbonyl (C=O) groups is 1. The normalized spacial score (nSPS) is 27.0. The predicted molar refractivity (Wildman–Crippen MR) is 93.6 cm³/mol. The molecule has 2 aliphatic heterocycles. The molecular weight excluding hydrogens is 318 g/mol. The van der Waals surface area contributed by atoms with Crippen molar-refractivity contribution in [2.75, 3.05) is 19.7 Å². The van der Waals surface area contributed by atoms with Crippen LogP contribution in [0.4, 0.5) is 0 Å². The standard InChI is InChI=1S/C19H29N3O3/c1-4-13(2)22-17(15-5-6-15)16(11-20-22)18(23)21-9-7-19(8-10-21)24-12-14(3)25-19/h11,13-15H,4-10,12H2,1-3H3/t13-,14-/m1/s1. The first kappa shape index (κ1) is 17.0. The second-order valence-electron chi connectivity index (χ2n) is 7.86. The van der Waals surface area contributed by atoms with Gasteiger partial charge in [0.1, 0.15) is 0 Å². The molecule has 6 nitrogen and oxygen atoms in total. The lowest BCUT2D eigenvalue weighted by molar-refractivity contribution is -0.189. The molecule has 0 N–H and O–H groups in total. The third kappa shape index (κ3) is 3.10. The Labute approximate surface area is 149 Å². The van der Waals surface area contributed by atoms with Crippen LogP contribution in [-0.2, 0) is 9.47 Å². The summed E-state index contributed by atoms with van der Waals surface area (Å²) >= 11 is 0. The van der Waals surface area contributed by atoms with Crippen molar-refractivity contribution >= 4 is 5.91 Å². The molecule has 1 saturated carbocycles. The minimum absolute atomic E-state index is 0.123. The Morgan fingerprint density at radius 2 is 2.12 bits per heavy atom. The molecule has 138 valence electrons. The van der Waals surface area contributed by atoms with Gasteiger partial charge in [0.25, 0.3) is 5.91 Å². The summed E-state index contributed by atoms with van der Waals surface area (Å²) in [7, 11) is 0. The van der Waals surface area contributed by atoms with Crippen LogP contribution in [0.25, 0.3) is 0 Å². The first-order valence-corrected chi connectivity index (χ1v) is 9.71. The molecule has 0 unspecified atom stereocenters. The van der Waals surface area contributed by atoms with Gasteiger partial charge in [0.15, 0.2) is 5.79 Å². The summed E-state index contributed by atoms with van der Waals surface area (Å²) in [6, 6.07) is 0.337. The number of hydrogen-bond donors (Lipinski definition) is 0. The molecule has 1 amide bonds. The molecule has 6 heteroatoms. The topological polar surface area (TPSA) is 56.6 Å². The van der Waals surface area contributed by atoms with Crippen LogP contribution in [0.5, 0.6) is 0 Å². The fourth-order valence-corrected chi connectivity index (χ4v) is 4.01. The second-order valence-corrected chi connectivity index (χ2v) is 7.86. The van der Waals surface area contributed by atoms with E-state index in [0.717, 1.165) is 30.5 Å². The Bertz CT molecular complexity index is 644. The van der Waals surface area contributed by atoms with Crippen LogP contribution in [0.1, 0.15) is 80.9 Å². The van der Waals surface area contributed by atoms with E-state index in [0.29, 0.717) is 31.7 Å². The van der Waals surface area contributed by atoms with Gasteiger partial charge in [-0.2, -0.15) is 5.10 Å². The Hall–Kier alpha value is -1.40. The first-order valence-electron chi connectivity index (χ1n) is 9.71. The first-order chi connectivity index (χ1) is 12.0. The molecular formula is C19H29N3O3. The number of rotatable bonds is 4. The Morgan fingerprint density at radius 1 is 1.40 bits per heavy atom. The van der Waals surface area contributed by atoms with Crippen molar-refractivity contribution in [2.24, 2.45) is 0 Å². The molecule has 25 heavy (non-hydrogen) atoms. The van der Waals surface area contributed by atoms with Crippen LogP contribution < -0.4 is 0 Å². The van der Waals surface area contributed by atoms with Crippen molar-refractivity contribution in [1.29, 1.82) is 0 Å². The monoisotopic (exact) mass is 347 g/mol. The maximum absolute atomic E-state index is 13.1. The van der Waals surface area contributed by atoms with Gasteiger partial charge in [-0.25, -0.2) is 0 Å². The van der Waals surface area contributed by atoms with Gasteiger partial charge in [-0.05, 0) is 33.1 Å². The number of ether oxygens (including phenoxy) is 2. The number of aromatic nitrogens is 2. The zero-order chi connectivity index (χ0) is 17.6. The van der Waals surface area contributed by atoms with E-state index >= 15 is 0 Å². The summed E-state index contributed by atoms with van der Waals surface area (Å²) in [6.45, 7) is 8.40. The summed E-state index contributed by atoms with van der Waals surface area (Å²) in [5.74, 6) is 0.169. The van der Waals surface area contributed by atoms with Gasteiger partial charge in [0.05, 0.1) is 30.2 Å². The van der Waals surface area contributed by atoms with E-state index in [4.69, 9.17) is 9.47 Å². The third-order valence-corrected chi connectivity index (χ3v) is 5.85. The van der Waals surface area contributed by atoms with E-state index in [2.05, 4.69) is 23.6 Å². The molecule has 3 heterocycles. The van der Waals surface area contributed by atoms with Crippen LogP contribution in [0.2, 0.25) is 0 Å². The minimum atomic E-state index is -0.462. The number of nitrogens with zero attached hydrogens (tertiary/aromatic N) is 3. The molecule has 0 radical (unpaired) electrons. The molecule has 3 fully saturated rings. The average Bonchev–Trinajstić information content (AvgIpc) is 3.27. The van der Waals surface area contributed by atoms with E-state index in [1.807, 2.05) is 11.8 Å². The van der Waals surface area contributed by atoms with Crippen molar-refractivity contribution < 1.29 is 14.3 Å². The van der Waals surface area contributed by atoms with Gasteiger partial charge in [0.2, 0.25) is 0 Å². The molecule has 0 bridgehead atoms.